The number of carbonyl (C=O) groups excluding carboxylic acids is 2. The highest BCUT2D eigenvalue weighted by atomic mass is 16.6. The van der Waals surface area contributed by atoms with Crippen molar-refractivity contribution in [3.8, 4) is 5.88 Å². The van der Waals surface area contributed by atoms with Gasteiger partial charge in [0.2, 0.25) is 5.88 Å². The molecule has 0 aromatic carbocycles. The molecule has 2 N–H and O–H groups in total. The molecule has 34 heavy (non-hydrogen) atoms. The van der Waals surface area contributed by atoms with E-state index in [2.05, 4.69) is 25.6 Å². The number of carbonyl (C=O) groups is 2. The van der Waals surface area contributed by atoms with Gasteiger partial charge in [-0.1, -0.05) is 6.07 Å². The second kappa shape index (κ2) is 7.75. The standard InChI is InChI=1S/C26H27N5O3/c1-16-4-2-6-20(28-16)23(32)30-25-11-17-10-18(12-25)14-26(13-17,15-25)31-24(33)34-21-8-7-19-5-3-9-27-22(19)29-21/h2-9,17-18H,10-15H2,1H3,(H,30,32)(H,31,33). The molecule has 2 unspecified atom stereocenters. The molecule has 2 amide bonds. The molecule has 3 aromatic heterocycles. The highest BCUT2D eigenvalue weighted by Crippen LogP contribution is 2.57. The average Bonchev–Trinajstić information content (AvgIpc) is 2.77. The lowest BCUT2D eigenvalue weighted by Crippen LogP contribution is -2.70. The second-order valence-corrected chi connectivity index (χ2v) is 10.4. The zero-order chi connectivity index (χ0) is 23.3. The maximum Gasteiger partial charge on any atom is 0.414 e. The van der Waals surface area contributed by atoms with Crippen LogP contribution in [-0.4, -0.2) is 38.0 Å². The number of pyridine rings is 3. The van der Waals surface area contributed by atoms with Crippen LogP contribution >= 0.6 is 0 Å². The summed E-state index contributed by atoms with van der Waals surface area (Å²) in [6.45, 7) is 1.88. The minimum atomic E-state index is -0.508. The number of aryl methyl sites for hydroxylation is 1. The lowest BCUT2D eigenvalue weighted by atomic mass is 9.50. The number of aromatic nitrogens is 3. The van der Waals surface area contributed by atoms with Gasteiger partial charge in [-0.05, 0) is 87.6 Å². The second-order valence-electron chi connectivity index (χ2n) is 10.4. The van der Waals surface area contributed by atoms with Crippen LogP contribution in [0.3, 0.4) is 0 Å². The Morgan fingerprint density at radius 2 is 1.71 bits per heavy atom. The Kier molecular flexibility index (Phi) is 4.79. The van der Waals surface area contributed by atoms with Crippen molar-refractivity contribution in [2.75, 3.05) is 0 Å². The molecule has 8 heteroatoms. The molecule has 3 heterocycles. The third-order valence-corrected chi connectivity index (χ3v) is 7.56. The van der Waals surface area contributed by atoms with Gasteiger partial charge in [-0.25, -0.2) is 14.8 Å². The first-order valence-electron chi connectivity index (χ1n) is 11.9. The first-order valence-corrected chi connectivity index (χ1v) is 11.9. The van der Waals surface area contributed by atoms with E-state index >= 15 is 0 Å². The Morgan fingerprint density at radius 1 is 0.941 bits per heavy atom. The van der Waals surface area contributed by atoms with Crippen molar-refractivity contribution in [3.05, 3.63) is 60.0 Å². The van der Waals surface area contributed by atoms with Crippen LogP contribution in [0.2, 0.25) is 0 Å². The molecule has 4 saturated carbocycles. The number of ether oxygens (including phenoxy) is 1. The number of amides is 2. The van der Waals surface area contributed by atoms with Crippen molar-refractivity contribution >= 4 is 23.0 Å². The number of hydrogen-bond donors (Lipinski definition) is 2. The van der Waals surface area contributed by atoms with Crippen molar-refractivity contribution in [2.24, 2.45) is 11.8 Å². The Bertz CT molecular complexity index is 1280. The Morgan fingerprint density at radius 3 is 2.47 bits per heavy atom. The fraction of sp³-hybridized carbons (Fsp3) is 0.423. The molecule has 2 atom stereocenters. The fourth-order valence-electron chi connectivity index (χ4n) is 6.86. The smallest absolute Gasteiger partial charge is 0.391 e. The summed E-state index contributed by atoms with van der Waals surface area (Å²) in [5.74, 6) is 1.02. The van der Waals surface area contributed by atoms with Gasteiger partial charge in [0, 0.05) is 34.4 Å². The van der Waals surface area contributed by atoms with E-state index in [9.17, 15) is 9.59 Å². The quantitative estimate of drug-likeness (QED) is 0.615. The number of nitrogens with one attached hydrogen (secondary N) is 2. The van der Waals surface area contributed by atoms with Crippen molar-refractivity contribution in [1.82, 2.24) is 25.6 Å². The molecular weight excluding hydrogens is 430 g/mol. The van der Waals surface area contributed by atoms with Crippen molar-refractivity contribution < 1.29 is 14.3 Å². The molecule has 174 valence electrons. The SMILES string of the molecule is Cc1cccc(C(=O)NC23CC4CC(CC(NC(=O)Oc5ccc6cccnc6n5)(C4)C2)C3)n1. The molecule has 4 aliphatic rings. The number of nitrogens with zero attached hydrogens (tertiary/aromatic N) is 3. The van der Waals surface area contributed by atoms with E-state index < -0.39 is 6.09 Å². The topological polar surface area (TPSA) is 106 Å². The predicted octanol–water partition coefficient (Wildman–Crippen LogP) is 3.94. The van der Waals surface area contributed by atoms with E-state index in [1.54, 1.807) is 18.3 Å². The van der Waals surface area contributed by atoms with E-state index in [1.165, 1.54) is 0 Å². The van der Waals surface area contributed by atoms with Crippen molar-refractivity contribution in [3.63, 3.8) is 0 Å². The van der Waals surface area contributed by atoms with Gasteiger partial charge in [0.05, 0.1) is 0 Å². The summed E-state index contributed by atoms with van der Waals surface area (Å²) in [6, 6.07) is 12.8. The minimum absolute atomic E-state index is 0.142. The zero-order valence-corrected chi connectivity index (χ0v) is 19.1. The summed E-state index contributed by atoms with van der Waals surface area (Å²) in [6.07, 6.45) is 6.70. The van der Waals surface area contributed by atoms with Gasteiger partial charge in [-0.3, -0.25) is 4.79 Å². The Labute approximate surface area is 197 Å². The van der Waals surface area contributed by atoms with E-state index in [4.69, 9.17) is 4.74 Å². The lowest BCUT2D eigenvalue weighted by molar-refractivity contribution is -0.0450. The first-order chi connectivity index (χ1) is 16.4. The van der Waals surface area contributed by atoms with Gasteiger partial charge in [-0.2, -0.15) is 4.98 Å². The van der Waals surface area contributed by atoms with Crippen LogP contribution in [0.25, 0.3) is 11.0 Å². The summed E-state index contributed by atoms with van der Waals surface area (Å²) in [4.78, 5) is 38.9. The zero-order valence-electron chi connectivity index (χ0n) is 19.1. The lowest BCUT2D eigenvalue weighted by Gasteiger charge is -2.61. The normalized spacial score (nSPS) is 29.1. The summed E-state index contributed by atoms with van der Waals surface area (Å²) in [7, 11) is 0. The molecular formula is C26H27N5O3. The summed E-state index contributed by atoms with van der Waals surface area (Å²) in [5.41, 5.74) is 1.08. The Balaban J connectivity index is 1.19. The largest absolute Gasteiger partial charge is 0.414 e. The van der Waals surface area contributed by atoms with Crippen molar-refractivity contribution in [2.45, 2.75) is 56.5 Å². The van der Waals surface area contributed by atoms with Gasteiger partial charge in [0.15, 0.2) is 5.65 Å². The molecule has 8 nitrogen and oxygen atoms in total. The third-order valence-electron chi connectivity index (χ3n) is 7.56. The minimum Gasteiger partial charge on any atom is -0.391 e. The summed E-state index contributed by atoms with van der Waals surface area (Å²) >= 11 is 0. The number of rotatable bonds is 4. The van der Waals surface area contributed by atoms with E-state index in [0.29, 0.717) is 29.6 Å². The fourth-order valence-corrected chi connectivity index (χ4v) is 6.86. The van der Waals surface area contributed by atoms with Crippen LogP contribution in [0.4, 0.5) is 4.79 Å². The highest BCUT2D eigenvalue weighted by Gasteiger charge is 2.59. The maximum absolute atomic E-state index is 13.1. The van der Waals surface area contributed by atoms with Crippen LogP contribution in [0, 0.1) is 18.8 Å². The third kappa shape index (κ3) is 3.87. The van der Waals surface area contributed by atoms with E-state index in [0.717, 1.165) is 43.2 Å². The van der Waals surface area contributed by atoms with Crippen LogP contribution in [0.1, 0.15) is 54.7 Å². The summed E-state index contributed by atoms with van der Waals surface area (Å²) < 4.78 is 5.56. The molecule has 4 aliphatic carbocycles. The molecule has 0 aliphatic heterocycles. The van der Waals surface area contributed by atoms with Gasteiger partial charge in [0.25, 0.3) is 5.91 Å². The molecule has 4 fully saturated rings. The highest BCUT2D eigenvalue weighted by molar-refractivity contribution is 5.93. The maximum atomic E-state index is 13.1. The van der Waals surface area contributed by atoms with Gasteiger partial charge in [0.1, 0.15) is 5.69 Å². The van der Waals surface area contributed by atoms with E-state index in [-0.39, 0.29) is 22.9 Å². The molecule has 7 rings (SSSR count). The first kappa shape index (κ1) is 21.0. The number of fused-ring (bicyclic) bond motifs is 1. The average molecular weight is 458 g/mol. The summed E-state index contributed by atoms with van der Waals surface area (Å²) in [5, 5.41) is 7.39. The molecule has 0 spiro atoms. The van der Waals surface area contributed by atoms with Crippen LogP contribution in [0.5, 0.6) is 5.88 Å². The predicted molar refractivity (Wildman–Crippen MR) is 125 cm³/mol. The monoisotopic (exact) mass is 457 g/mol. The molecule has 0 saturated heterocycles. The molecule has 0 radical (unpaired) electrons. The molecule has 4 bridgehead atoms. The van der Waals surface area contributed by atoms with Gasteiger partial charge in [-0.15, -0.1) is 0 Å². The van der Waals surface area contributed by atoms with Gasteiger partial charge < -0.3 is 15.4 Å². The van der Waals surface area contributed by atoms with Crippen molar-refractivity contribution in [1.29, 1.82) is 0 Å². The van der Waals surface area contributed by atoms with Crippen LogP contribution < -0.4 is 15.4 Å². The van der Waals surface area contributed by atoms with Crippen LogP contribution in [-0.2, 0) is 0 Å². The Hall–Kier alpha value is -3.55. The number of hydrogen-bond acceptors (Lipinski definition) is 6. The molecule has 3 aromatic rings. The van der Waals surface area contributed by atoms with E-state index in [1.807, 2.05) is 37.3 Å². The van der Waals surface area contributed by atoms with Crippen LogP contribution in [0.15, 0.2) is 48.7 Å². The van der Waals surface area contributed by atoms with Gasteiger partial charge >= 0.3 is 6.09 Å².